The molecule has 7 heteroatoms. The van der Waals surface area contributed by atoms with E-state index in [1.165, 1.54) is 25.1 Å². The van der Waals surface area contributed by atoms with Crippen molar-refractivity contribution in [1.82, 2.24) is 9.88 Å². The van der Waals surface area contributed by atoms with Crippen molar-refractivity contribution in [3.8, 4) is 0 Å². The number of aliphatic hydroxyl groups excluding tert-OH is 1. The van der Waals surface area contributed by atoms with E-state index in [2.05, 4.69) is 10.3 Å². The average Bonchev–Trinajstić information content (AvgIpc) is 2.95. The monoisotopic (exact) mass is 331 g/mol. The molecule has 0 aliphatic heterocycles. The molecule has 21 heavy (non-hydrogen) atoms. The van der Waals surface area contributed by atoms with Gasteiger partial charge in [0.2, 0.25) is 5.91 Å². The summed E-state index contributed by atoms with van der Waals surface area (Å²) in [7, 11) is 0. The Morgan fingerprint density at radius 3 is 2.76 bits per heavy atom. The predicted molar refractivity (Wildman–Crippen MR) is 83.8 cm³/mol. The highest BCUT2D eigenvalue weighted by molar-refractivity contribution is 6.36. The standard InChI is InChI=1S/C14H19Cl2N3O2/c15-10-7-12(16)14(17-8-10)18-13(21)9-19(5-6-20)11-3-1-2-4-11/h7-8,11,20H,1-6,9H2,(H,17,18,21). The number of halogens is 2. The lowest BCUT2D eigenvalue weighted by molar-refractivity contribution is -0.118. The highest BCUT2D eigenvalue weighted by Gasteiger charge is 2.24. The van der Waals surface area contributed by atoms with E-state index in [1.54, 1.807) is 0 Å². The lowest BCUT2D eigenvalue weighted by Crippen LogP contribution is -2.41. The van der Waals surface area contributed by atoms with Crippen molar-refractivity contribution in [2.75, 3.05) is 25.0 Å². The minimum Gasteiger partial charge on any atom is -0.395 e. The van der Waals surface area contributed by atoms with Gasteiger partial charge in [-0.15, -0.1) is 0 Å². The number of hydrogen-bond donors (Lipinski definition) is 2. The molecule has 1 aliphatic carbocycles. The topological polar surface area (TPSA) is 65.5 Å². The third-order valence-electron chi connectivity index (χ3n) is 3.64. The number of carbonyl (C=O) groups excluding carboxylic acids is 1. The molecule has 1 saturated carbocycles. The Balaban J connectivity index is 1.95. The van der Waals surface area contributed by atoms with Crippen molar-refractivity contribution in [3.05, 3.63) is 22.3 Å². The molecular formula is C14H19Cl2N3O2. The first-order valence-electron chi connectivity index (χ1n) is 7.06. The maximum absolute atomic E-state index is 12.1. The average molecular weight is 332 g/mol. The number of rotatable bonds is 6. The molecule has 1 heterocycles. The van der Waals surface area contributed by atoms with Gasteiger partial charge in [0, 0.05) is 18.8 Å². The fourth-order valence-electron chi connectivity index (χ4n) is 2.65. The number of pyridine rings is 1. The van der Waals surface area contributed by atoms with E-state index in [1.807, 2.05) is 4.90 Å². The number of aromatic nitrogens is 1. The quantitative estimate of drug-likeness (QED) is 0.840. The molecule has 0 atom stereocenters. The molecule has 1 aliphatic rings. The molecule has 1 fully saturated rings. The molecule has 5 nitrogen and oxygen atoms in total. The Labute approximate surface area is 134 Å². The van der Waals surface area contributed by atoms with Crippen molar-refractivity contribution in [2.24, 2.45) is 0 Å². The van der Waals surface area contributed by atoms with Crippen LogP contribution in [0, 0.1) is 0 Å². The van der Waals surface area contributed by atoms with Gasteiger partial charge in [0.15, 0.2) is 5.82 Å². The van der Waals surface area contributed by atoms with E-state index in [9.17, 15) is 4.79 Å². The summed E-state index contributed by atoms with van der Waals surface area (Å²) in [5.41, 5.74) is 0. The van der Waals surface area contributed by atoms with E-state index in [0.717, 1.165) is 12.8 Å². The summed E-state index contributed by atoms with van der Waals surface area (Å²) in [6.45, 7) is 0.773. The normalized spacial score (nSPS) is 15.6. The highest BCUT2D eigenvalue weighted by Crippen LogP contribution is 2.24. The van der Waals surface area contributed by atoms with Gasteiger partial charge in [-0.3, -0.25) is 9.69 Å². The van der Waals surface area contributed by atoms with Crippen LogP contribution in [0.15, 0.2) is 12.3 Å². The van der Waals surface area contributed by atoms with Crippen molar-refractivity contribution in [1.29, 1.82) is 0 Å². The van der Waals surface area contributed by atoms with E-state index in [-0.39, 0.29) is 19.1 Å². The minimum atomic E-state index is -0.188. The first-order chi connectivity index (χ1) is 10.1. The number of nitrogens with one attached hydrogen (secondary N) is 1. The predicted octanol–water partition coefficient (Wildman–Crippen LogP) is 2.56. The maximum atomic E-state index is 12.1. The highest BCUT2D eigenvalue weighted by atomic mass is 35.5. The van der Waals surface area contributed by atoms with Crippen LogP contribution >= 0.6 is 23.2 Å². The summed E-state index contributed by atoms with van der Waals surface area (Å²) in [6.07, 6.45) is 5.95. The Morgan fingerprint density at radius 2 is 2.14 bits per heavy atom. The summed E-state index contributed by atoms with van der Waals surface area (Å²) >= 11 is 11.8. The van der Waals surface area contributed by atoms with Gasteiger partial charge in [0.05, 0.1) is 23.2 Å². The number of nitrogens with zero attached hydrogens (tertiary/aromatic N) is 2. The van der Waals surface area contributed by atoms with E-state index in [0.29, 0.717) is 28.4 Å². The van der Waals surface area contributed by atoms with Crippen molar-refractivity contribution < 1.29 is 9.90 Å². The Kier molecular flexibility index (Phi) is 6.23. The molecule has 0 aromatic carbocycles. The maximum Gasteiger partial charge on any atom is 0.239 e. The molecule has 1 aromatic heterocycles. The lowest BCUT2D eigenvalue weighted by atomic mass is 10.2. The zero-order chi connectivity index (χ0) is 15.2. The van der Waals surface area contributed by atoms with Crippen LogP contribution in [0.5, 0.6) is 0 Å². The summed E-state index contributed by atoms with van der Waals surface area (Å²) in [5, 5.41) is 12.6. The summed E-state index contributed by atoms with van der Waals surface area (Å²) < 4.78 is 0. The SMILES string of the molecule is O=C(CN(CCO)C1CCCC1)Nc1ncc(Cl)cc1Cl. The van der Waals surface area contributed by atoms with E-state index >= 15 is 0 Å². The zero-order valence-corrected chi connectivity index (χ0v) is 13.2. The van der Waals surface area contributed by atoms with Crippen LogP contribution in [0.3, 0.4) is 0 Å². The van der Waals surface area contributed by atoms with Gasteiger partial charge < -0.3 is 10.4 Å². The van der Waals surface area contributed by atoms with Crippen LogP contribution in [0.25, 0.3) is 0 Å². The molecule has 116 valence electrons. The molecule has 0 bridgehead atoms. The van der Waals surface area contributed by atoms with Crippen LogP contribution < -0.4 is 5.32 Å². The van der Waals surface area contributed by atoms with E-state index < -0.39 is 0 Å². The van der Waals surface area contributed by atoms with Gasteiger partial charge >= 0.3 is 0 Å². The number of carbonyl (C=O) groups is 1. The van der Waals surface area contributed by atoms with Gasteiger partial charge in [-0.25, -0.2) is 4.98 Å². The van der Waals surface area contributed by atoms with Gasteiger partial charge in [0.25, 0.3) is 0 Å². The smallest absolute Gasteiger partial charge is 0.239 e. The molecule has 0 saturated heterocycles. The Hall–Kier alpha value is -0.880. The zero-order valence-electron chi connectivity index (χ0n) is 11.7. The van der Waals surface area contributed by atoms with Gasteiger partial charge in [0.1, 0.15) is 0 Å². The molecular weight excluding hydrogens is 313 g/mol. The van der Waals surface area contributed by atoms with Crippen molar-refractivity contribution >= 4 is 34.9 Å². The largest absolute Gasteiger partial charge is 0.395 e. The van der Waals surface area contributed by atoms with Crippen LogP contribution in [0.4, 0.5) is 5.82 Å². The molecule has 1 amide bonds. The Bertz CT molecular complexity index is 493. The fourth-order valence-corrected chi connectivity index (χ4v) is 3.08. The first kappa shape index (κ1) is 16.5. The van der Waals surface area contributed by atoms with Crippen molar-refractivity contribution in [2.45, 2.75) is 31.7 Å². The number of anilines is 1. The molecule has 2 N–H and O–H groups in total. The number of aliphatic hydroxyl groups is 1. The fraction of sp³-hybridized carbons (Fsp3) is 0.571. The molecule has 0 spiro atoms. The molecule has 0 unspecified atom stereocenters. The molecule has 1 aromatic rings. The van der Waals surface area contributed by atoms with Crippen LogP contribution in [-0.4, -0.2) is 46.6 Å². The van der Waals surface area contributed by atoms with Gasteiger partial charge in [-0.05, 0) is 18.9 Å². The molecule has 2 rings (SSSR count). The van der Waals surface area contributed by atoms with Crippen LogP contribution in [0.2, 0.25) is 10.0 Å². The second kappa shape index (κ2) is 7.94. The van der Waals surface area contributed by atoms with Gasteiger partial charge in [-0.1, -0.05) is 36.0 Å². The van der Waals surface area contributed by atoms with Crippen LogP contribution in [0.1, 0.15) is 25.7 Å². The summed E-state index contributed by atoms with van der Waals surface area (Å²) in [6, 6.07) is 1.91. The minimum absolute atomic E-state index is 0.0454. The van der Waals surface area contributed by atoms with E-state index in [4.69, 9.17) is 28.3 Å². The summed E-state index contributed by atoms with van der Waals surface area (Å²) in [5.74, 6) is 0.119. The number of hydrogen-bond acceptors (Lipinski definition) is 4. The third kappa shape index (κ3) is 4.81. The molecule has 0 radical (unpaired) electrons. The Morgan fingerprint density at radius 1 is 1.43 bits per heavy atom. The summed E-state index contributed by atoms with van der Waals surface area (Å²) in [4.78, 5) is 18.2. The lowest BCUT2D eigenvalue weighted by Gasteiger charge is -2.27. The van der Waals surface area contributed by atoms with Crippen molar-refractivity contribution in [3.63, 3.8) is 0 Å². The first-order valence-corrected chi connectivity index (χ1v) is 7.81. The van der Waals surface area contributed by atoms with Gasteiger partial charge in [-0.2, -0.15) is 0 Å². The van der Waals surface area contributed by atoms with Crippen LogP contribution in [-0.2, 0) is 4.79 Å². The third-order valence-corrected chi connectivity index (χ3v) is 4.14. The number of amides is 1. The second-order valence-electron chi connectivity index (χ2n) is 5.16. The second-order valence-corrected chi connectivity index (χ2v) is 6.01.